The molecule has 0 unspecified atom stereocenters. The van der Waals surface area contributed by atoms with E-state index in [-0.39, 0.29) is 5.82 Å². The monoisotopic (exact) mass is 380 g/mol. The van der Waals surface area contributed by atoms with Crippen LogP contribution in [0.3, 0.4) is 0 Å². The molecule has 4 rings (SSSR count). The third-order valence-corrected chi connectivity index (χ3v) is 4.88. The molecule has 4 heterocycles. The van der Waals surface area contributed by atoms with Gasteiger partial charge in [0.2, 0.25) is 0 Å². The number of rotatable bonds is 5. The Morgan fingerprint density at radius 2 is 1.96 bits per heavy atom. The van der Waals surface area contributed by atoms with Gasteiger partial charge >= 0.3 is 0 Å². The molecule has 4 aromatic rings. The first kappa shape index (κ1) is 17.6. The average molecular weight is 381 g/mol. The summed E-state index contributed by atoms with van der Waals surface area (Å²) >= 11 is 6.43. The standard InChI is InChI=1S/C21H18ClFN4/c1-13-6-19-16(11-26-21(19)25-9-13)8-15-3-5-18(27-20(15)22)4-2-14-7-17(23)12-24-10-14/h3,5-7,9-12H,2,4,8H2,1H3,(H,25,26). The maximum absolute atomic E-state index is 13.2. The molecule has 0 fully saturated rings. The maximum Gasteiger partial charge on any atom is 0.141 e. The van der Waals surface area contributed by atoms with Gasteiger partial charge in [0, 0.05) is 36.1 Å². The van der Waals surface area contributed by atoms with Crippen LogP contribution in [0.4, 0.5) is 4.39 Å². The number of aryl methyl sites for hydroxylation is 3. The van der Waals surface area contributed by atoms with Gasteiger partial charge in [-0.2, -0.15) is 0 Å². The van der Waals surface area contributed by atoms with Crippen molar-refractivity contribution in [3.63, 3.8) is 0 Å². The van der Waals surface area contributed by atoms with Crippen LogP contribution in [0.1, 0.15) is 27.9 Å². The van der Waals surface area contributed by atoms with Gasteiger partial charge in [0.05, 0.1) is 6.20 Å². The van der Waals surface area contributed by atoms with E-state index in [9.17, 15) is 4.39 Å². The Balaban J connectivity index is 1.50. The van der Waals surface area contributed by atoms with Crippen LogP contribution in [0.2, 0.25) is 5.15 Å². The summed E-state index contributed by atoms with van der Waals surface area (Å²) in [6.07, 6.45) is 8.73. The topological polar surface area (TPSA) is 54.5 Å². The number of hydrogen-bond donors (Lipinski definition) is 1. The lowest BCUT2D eigenvalue weighted by atomic mass is 10.0. The summed E-state index contributed by atoms with van der Waals surface area (Å²) in [7, 11) is 0. The van der Waals surface area contributed by atoms with E-state index >= 15 is 0 Å². The fraction of sp³-hybridized carbons (Fsp3) is 0.190. The number of hydrogen-bond acceptors (Lipinski definition) is 3. The van der Waals surface area contributed by atoms with Crippen molar-refractivity contribution in [3.8, 4) is 0 Å². The Kier molecular flexibility index (Phi) is 4.86. The van der Waals surface area contributed by atoms with Crippen LogP contribution in [-0.2, 0) is 19.3 Å². The maximum atomic E-state index is 13.2. The van der Waals surface area contributed by atoms with Crippen molar-refractivity contribution in [2.45, 2.75) is 26.2 Å². The van der Waals surface area contributed by atoms with Crippen LogP contribution in [0.25, 0.3) is 11.0 Å². The van der Waals surface area contributed by atoms with Gasteiger partial charge in [-0.1, -0.05) is 17.7 Å². The van der Waals surface area contributed by atoms with E-state index in [4.69, 9.17) is 11.6 Å². The van der Waals surface area contributed by atoms with Crippen LogP contribution in [0, 0.1) is 12.7 Å². The summed E-state index contributed by atoms with van der Waals surface area (Å²) in [6.45, 7) is 2.03. The zero-order chi connectivity index (χ0) is 18.8. The van der Waals surface area contributed by atoms with Gasteiger partial charge < -0.3 is 4.98 Å². The lowest BCUT2D eigenvalue weighted by Gasteiger charge is -2.07. The molecule has 4 nitrogen and oxygen atoms in total. The summed E-state index contributed by atoms with van der Waals surface area (Å²) in [5.74, 6) is -0.322. The lowest BCUT2D eigenvalue weighted by Crippen LogP contribution is -1.99. The van der Waals surface area contributed by atoms with E-state index in [1.807, 2.05) is 31.5 Å². The van der Waals surface area contributed by atoms with Crippen molar-refractivity contribution < 1.29 is 4.39 Å². The molecule has 136 valence electrons. The van der Waals surface area contributed by atoms with E-state index in [0.29, 0.717) is 24.4 Å². The number of pyridine rings is 3. The van der Waals surface area contributed by atoms with Crippen molar-refractivity contribution in [3.05, 3.63) is 88.0 Å². The summed E-state index contributed by atoms with van der Waals surface area (Å²) in [5.41, 5.74) is 5.83. The molecule has 0 radical (unpaired) electrons. The van der Waals surface area contributed by atoms with Gasteiger partial charge in [-0.15, -0.1) is 0 Å². The summed E-state index contributed by atoms with van der Waals surface area (Å²) < 4.78 is 13.2. The fourth-order valence-electron chi connectivity index (χ4n) is 3.15. The number of fused-ring (bicyclic) bond motifs is 1. The number of aromatic nitrogens is 4. The Labute approximate surface area is 161 Å². The highest BCUT2D eigenvalue weighted by Gasteiger charge is 2.10. The van der Waals surface area contributed by atoms with Crippen molar-refractivity contribution in [1.29, 1.82) is 0 Å². The summed E-state index contributed by atoms with van der Waals surface area (Å²) in [4.78, 5) is 16.0. The third-order valence-electron chi connectivity index (χ3n) is 4.55. The Hall–Kier alpha value is -2.79. The van der Waals surface area contributed by atoms with Crippen molar-refractivity contribution in [1.82, 2.24) is 19.9 Å². The minimum Gasteiger partial charge on any atom is -0.346 e. The van der Waals surface area contributed by atoms with Crippen molar-refractivity contribution in [2.75, 3.05) is 0 Å². The van der Waals surface area contributed by atoms with Gasteiger partial charge in [-0.25, -0.2) is 14.4 Å². The largest absolute Gasteiger partial charge is 0.346 e. The van der Waals surface area contributed by atoms with Crippen LogP contribution >= 0.6 is 11.6 Å². The molecule has 0 saturated heterocycles. The number of nitrogens with zero attached hydrogens (tertiary/aromatic N) is 3. The molecule has 0 aliphatic rings. The van der Waals surface area contributed by atoms with E-state index in [2.05, 4.69) is 26.0 Å². The van der Waals surface area contributed by atoms with Gasteiger partial charge in [0.25, 0.3) is 0 Å². The van der Waals surface area contributed by atoms with Gasteiger partial charge in [-0.3, -0.25) is 4.98 Å². The summed E-state index contributed by atoms with van der Waals surface area (Å²) in [6, 6.07) is 7.61. The van der Waals surface area contributed by atoms with Crippen LogP contribution in [-0.4, -0.2) is 19.9 Å². The fourth-order valence-corrected chi connectivity index (χ4v) is 3.39. The highest BCUT2D eigenvalue weighted by atomic mass is 35.5. The van der Waals surface area contributed by atoms with Crippen molar-refractivity contribution >= 4 is 22.6 Å². The molecule has 0 bridgehead atoms. The predicted molar refractivity (Wildman–Crippen MR) is 104 cm³/mol. The smallest absolute Gasteiger partial charge is 0.141 e. The molecule has 1 N–H and O–H groups in total. The zero-order valence-electron chi connectivity index (χ0n) is 14.8. The highest BCUT2D eigenvalue weighted by molar-refractivity contribution is 6.30. The molecule has 4 aromatic heterocycles. The number of nitrogens with one attached hydrogen (secondary N) is 1. The second-order valence-corrected chi connectivity index (χ2v) is 7.02. The molecule has 0 spiro atoms. The molecule has 0 aliphatic heterocycles. The molecule has 0 aliphatic carbocycles. The molecular weight excluding hydrogens is 363 g/mol. The molecule has 0 aromatic carbocycles. The molecule has 0 atom stereocenters. The molecule has 27 heavy (non-hydrogen) atoms. The van der Waals surface area contributed by atoms with Gasteiger partial charge in [0.1, 0.15) is 16.6 Å². The number of halogens is 2. The van der Waals surface area contributed by atoms with E-state index in [0.717, 1.165) is 39.0 Å². The predicted octanol–water partition coefficient (Wildman–Crippen LogP) is 4.83. The highest BCUT2D eigenvalue weighted by Crippen LogP contribution is 2.24. The first-order valence-electron chi connectivity index (χ1n) is 8.75. The molecule has 6 heteroatoms. The zero-order valence-corrected chi connectivity index (χ0v) is 15.6. The number of aromatic amines is 1. The SMILES string of the molecule is Cc1cnc2[nH]cc(Cc3ccc(CCc4cncc(F)c4)nc3Cl)c2c1. The molecule has 0 amide bonds. The van der Waals surface area contributed by atoms with Gasteiger partial charge in [-0.05, 0) is 60.2 Å². The minimum atomic E-state index is -0.322. The molecular formula is C21H18ClFN4. The minimum absolute atomic E-state index is 0.322. The Morgan fingerprint density at radius 1 is 1.07 bits per heavy atom. The van der Waals surface area contributed by atoms with E-state index < -0.39 is 0 Å². The lowest BCUT2D eigenvalue weighted by molar-refractivity contribution is 0.618. The Morgan fingerprint density at radius 3 is 2.78 bits per heavy atom. The summed E-state index contributed by atoms with van der Waals surface area (Å²) in [5, 5.41) is 1.61. The first-order chi connectivity index (χ1) is 13.1. The normalized spacial score (nSPS) is 11.2. The van der Waals surface area contributed by atoms with Crippen LogP contribution in [0.15, 0.2) is 49.1 Å². The first-order valence-corrected chi connectivity index (χ1v) is 9.12. The quantitative estimate of drug-likeness (QED) is 0.504. The third kappa shape index (κ3) is 3.98. The Bertz CT molecular complexity index is 1110. The van der Waals surface area contributed by atoms with Crippen molar-refractivity contribution in [2.24, 2.45) is 0 Å². The number of H-pyrrole nitrogens is 1. The van der Waals surface area contributed by atoms with Crippen LogP contribution in [0.5, 0.6) is 0 Å². The second-order valence-electron chi connectivity index (χ2n) is 6.66. The van der Waals surface area contributed by atoms with Crippen LogP contribution < -0.4 is 0 Å². The molecule has 0 saturated carbocycles. The van der Waals surface area contributed by atoms with Gasteiger partial charge in [0.15, 0.2) is 0 Å². The average Bonchev–Trinajstić information content (AvgIpc) is 3.04. The van der Waals surface area contributed by atoms with E-state index in [1.165, 1.54) is 12.3 Å². The van der Waals surface area contributed by atoms with E-state index in [1.54, 1.807) is 6.20 Å². The second kappa shape index (κ2) is 7.45.